The highest BCUT2D eigenvalue weighted by atomic mass is 16.5. The van der Waals surface area contributed by atoms with E-state index >= 15 is 0 Å². The number of ether oxygens (including phenoxy) is 2. The van der Waals surface area contributed by atoms with E-state index in [9.17, 15) is 0 Å². The molecule has 0 aliphatic carbocycles. The zero-order valence-corrected chi connectivity index (χ0v) is 6.01. The van der Waals surface area contributed by atoms with E-state index in [0.29, 0.717) is 6.10 Å². The highest BCUT2D eigenvalue weighted by Gasteiger charge is 2.22. The van der Waals surface area contributed by atoms with E-state index in [1.54, 1.807) is 0 Å². The Morgan fingerprint density at radius 1 is 1.40 bits per heavy atom. The van der Waals surface area contributed by atoms with Crippen LogP contribution in [0, 0.1) is 0 Å². The number of hydrogen-bond donors (Lipinski definition) is 0. The van der Waals surface area contributed by atoms with Crippen molar-refractivity contribution < 1.29 is 9.47 Å². The van der Waals surface area contributed by atoms with E-state index in [0.717, 1.165) is 19.6 Å². The van der Waals surface area contributed by atoms with Crippen LogP contribution in [0.2, 0.25) is 0 Å². The van der Waals surface area contributed by atoms with Gasteiger partial charge in [0.15, 0.2) is 0 Å². The van der Waals surface area contributed by atoms with E-state index < -0.39 is 0 Å². The van der Waals surface area contributed by atoms with Gasteiger partial charge in [-0.15, -0.1) is 0 Å². The molecule has 10 heavy (non-hydrogen) atoms. The van der Waals surface area contributed by atoms with Gasteiger partial charge in [-0.3, -0.25) is 0 Å². The number of hydrogen-bond acceptors (Lipinski definition) is 2. The summed E-state index contributed by atoms with van der Waals surface area (Å²) in [4.78, 5) is 0. The average molecular weight is 140 g/mol. The maximum Gasteiger partial charge on any atom is 0.0912 e. The summed E-state index contributed by atoms with van der Waals surface area (Å²) in [5, 5.41) is 0. The smallest absolute Gasteiger partial charge is 0.0912 e. The summed E-state index contributed by atoms with van der Waals surface area (Å²) in [7, 11) is 0. The number of rotatable bonds is 1. The molecule has 0 spiro atoms. The van der Waals surface area contributed by atoms with Crippen LogP contribution < -0.4 is 0 Å². The van der Waals surface area contributed by atoms with Crippen molar-refractivity contribution in [2.24, 2.45) is 0 Å². The normalized spacial score (nSPS) is 32.0. The molecule has 0 radical (unpaired) electrons. The fourth-order valence-electron chi connectivity index (χ4n) is 1.51. The molecule has 2 nitrogen and oxygen atoms in total. The van der Waals surface area contributed by atoms with Crippen LogP contribution in [0.4, 0.5) is 0 Å². The van der Waals surface area contributed by atoms with Crippen LogP contribution >= 0.6 is 0 Å². The van der Waals surface area contributed by atoms with Crippen LogP contribution in [0.1, 0.15) is 19.3 Å². The minimum atomic E-state index is 0.391. The Balaban J connectivity index is 1.97. The van der Waals surface area contributed by atoms with Crippen molar-refractivity contribution in [3.8, 4) is 0 Å². The minimum absolute atomic E-state index is 0.391. The highest BCUT2D eigenvalue weighted by molar-refractivity contribution is 5.09. The molecule has 0 saturated carbocycles. The topological polar surface area (TPSA) is 18.5 Å². The lowest BCUT2D eigenvalue weighted by Gasteiger charge is -2.07. The van der Waals surface area contributed by atoms with Crippen molar-refractivity contribution in [1.29, 1.82) is 0 Å². The highest BCUT2D eigenvalue weighted by Crippen LogP contribution is 2.24. The largest absolute Gasteiger partial charge is 0.501 e. The van der Waals surface area contributed by atoms with Gasteiger partial charge in [-0.1, -0.05) is 0 Å². The summed E-state index contributed by atoms with van der Waals surface area (Å²) in [6.07, 6.45) is 5.74. The molecule has 2 heterocycles. The first-order chi connectivity index (χ1) is 4.97. The molecule has 1 unspecified atom stereocenters. The molecule has 1 saturated heterocycles. The van der Waals surface area contributed by atoms with Crippen LogP contribution in [-0.4, -0.2) is 19.3 Å². The fourth-order valence-corrected chi connectivity index (χ4v) is 1.51. The zero-order chi connectivity index (χ0) is 6.81. The second-order valence-corrected chi connectivity index (χ2v) is 2.82. The van der Waals surface area contributed by atoms with Gasteiger partial charge in [-0.05, 0) is 18.4 Å². The summed E-state index contributed by atoms with van der Waals surface area (Å²) in [5.74, 6) is 0. The van der Waals surface area contributed by atoms with Crippen LogP contribution in [0.15, 0.2) is 11.8 Å². The summed E-state index contributed by atoms with van der Waals surface area (Å²) in [6, 6.07) is 0. The first-order valence-electron chi connectivity index (χ1n) is 3.89. The minimum Gasteiger partial charge on any atom is -0.501 e. The molecule has 2 rings (SSSR count). The molecule has 2 heteroatoms. The van der Waals surface area contributed by atoms with E-state index in [2.05, 4.69) is 0 Å². The van der Waals surface area contributed by atoms with Gasteiger partial charge in [0.2, 0.25) is 0 Å². The third-order valence-corrected chi connectivity index (χ3v) is 2.09. The van der Waals surface area contributed by atoms with Crippen molar-refractivity contribution in [3.63, 3.8) is 0 Å². The molecule has 2 aliphatic heterocycles. The van der Waals surface area contributed by atoms with Crippen LogP contribution in [-0.2, 0) is 9.47 Å². The molecule has 0 bridgehead atoms. The molecule has 0 aromatic rings. The van der Waals surface area contributed by atoms with E-state index in [1.807, 2.05) is 6.26 Å². The Labute approximate surface area is 60.8 Å². The summed E-state index contributed by atoms with van der Waals surface area (Å²) < 4.78 is 10.6. The van der Waals surface area contributed by atoms with E-state index in [-0.39, 0.29) is 0 Å². The van der Waals surface area contributed by atoms with Crippen molar-refractivity contribution in [2.45, 2.75) is 25.4 Å². The third-order valence-electron chi connectivity index (χ3n) is 2.09. The fraction of sp³-hybridized carbons (Fsp3) is 0.750. The summed E-state index contributed by atoms with van der Waals surface area (Å²) >= 11 is 0. The van der Waals surface area contributed by atoms with Gasteiger partial charge in [-0.25, -0.2) is 0 Å². The lowest BCUT2D eigenvalue weighted by molar-refractivity contribution is 0.135. The second kappa shape index (κ2) is 2.62. The predicted octanol–water partition coefficient (Wildman–Crippen LogP) is 1.47. The van der Waals surface area contributed by atoms with Crippen molar-refractivity contribution in [1.82, 2.24) is 0 Å². The SMILES string of the molecule is C1=C(C2CCCO2)CCO1. The van der Waals surface area contributed by atoms with E-state index in [4.69, 9.17) is 9.47 Å². The molecule has 1 fully saturated rings. The van der Waals surface area contributed by atoms with Crippen molar-refractivity contribution >= 4 is 0 Å². The van der Waals surface area contributed by atoms with Crippen molar-refractivity contribution in [2.75, 3.05) is 13.2 Å². The molecule has 0 aromatic heterocycles. The van der Waals surface area contributed by atoms with Crippen LogP contribution in [0.25, 0.3) is 0 Å². The van der Waals surface area contributed by atoms with Gasteiger partial charge in [0.05, 0.1) is 19.0 Å². The van der Waals surface area contributed by atoms with Gasteiger partial charge in [0.1, 0.15) is 0 Å². The lowest BCUT2D eigenvalue weighted by atomic mass is 10.1. The van der Waals surface area contributed by atoms with E-state index in [1.165, 1.54) is 18.4 Å². The van der Waals surface area contributed by atoms with Gasteiger partial charge >= 0.3 is 0 Å². The standard InChI is InChI=1S/C8H12O2/c1-2-8(10-4-1)7-3-5-9-6-7/h6,8H,1-5H2. The third kappa shape index (κ3) is 1.03. The van der Waals surface area contributed by atoms with Crippen LogP contribution in [0.3, 0.4) is 0 Å². The summed E-state index contributed by atoms with van der Waals surface area (Å²) in [6.45, 7) is 1.79. The Kier molecular flexibility index (Phi) is 1.63. The molecule has 1 atom stereocenters. The first-order valence-corrected chi connectivity index (χ1v) is 3.89. The van der Waals surface area contributed by atoms with Gasteiger partial charge in [0.25, 0.3) is 0 Å². The molecule has 0 amide bonds. The lowest BCUT2D eigenvalue weighted by Crippen LogP contribution is -2.06. The first kappa shape index (κ1) is 6.23. The summed E-state index contributed by atoms with van der Waals surface area (Å²) in [5.41, 5.74) is 1.36. The maximum atomic E-state index is 5.49. The quantitative estimate of drug-likeness (QED) is 0.549. The Morgan fingerprint density at radius 3 is 3.00 bits per heavy atom. The Morgan fingerprint density at radius 2 is 2.40 bits per heavy atom. The Hall–Kier alpha value is -0.500. The Bertz CT molecular complexity index is 145. The monoisotopic (exact) mass is 140 g/mol. The molecule has 56 valence electrons. The van der Waals surface area contributed by atoms with Crippen LogP contribution in [0.5, 0.6) is 0 Å². The van der Waals surface area contributed by atoms with Crippen molar-refractivity contribution in [3.05, 3.63) is 11.8 Å². The molecule has 2 aliphatic rings. The van der Waals surface area contributed by atoms with Gasteiger partial charge in [0, 0.05) is 13.0 Å². The molecular weight excluding hydrogens is 128 g/mol. The maximum absolute atomic E-state index is 5.49. The predicted molar refractivity (Wildman–Crippen MR) is 37.6 cm³/mol. The second-order valence-electron chi connectivity index (χ2n) is 2.82. The molecule has 0 aromatic carbocycles. The molecular formula is C8H12O2. The zero-order valence-electron chi connectivity index (χ0n) is 6.01. The van der Waals surface area contributed by atoms with Gasteiger partial charge in [-0.2, -0.15) is 0 Å². The van der Waals surface area contributed by atoms with Gasteiger partial charge < -0.3 is 9.47 Å². The average Bonchev–Trinajstić information content (AvgIpc) is 2.59. The molecule has 0 N–H and O–H groups in total.